The van der Waals surface area contributed by atoms with Crippen molar-refractivity contribution >= 4 is 67.9 Å². The lowest BCUT2D eigenvalue weighted by atomic mass is 9.98. The highest BCUT2D eigenvalue weighted by Gasteiger charge is 2.69. The SMILES string of the molecule is CC1(C)S[C@@H]2CC(=O)N2[C@@]1(I)C(=O)O.CC1(C)[C@H](C(=O)O)N2C(=O)C[C@H]2S1(=O)=O. The Morgan fingerprint density at radius 2 is 1.66 bits per heavy atom. The zero-order chi connectivity index (χ0) is 22.3. The molecule has 4 rings (SSSR count). The molecule has 2 N–H and O–H groups in total. The molecular weight excluding hydrogens is 539 g/mol. The molecule has 0 aliphatic carbocycles. The number of hydrogen-bond donors (Lipinski definition) is 2. The summed E-state index contributed by atoms with van der Waals surface area (Å²) in [7, 11) is -3.57. The Bertz CT molecular complexity index is 933. The number of carbonyl (C=O) groups excluding carboxylic acids is 2. The first-order valence-corrected chi connectivity index (χ1v) is 12.2. The highest BCUT2D eigenvalue weighted by atomic mass is 127. The lowest BCUT2D eigenvalue weighted by molar-refractivity contribution is -0.158. The van der Waals surface area contributed by atoms with Crippen molar-refractivity contribution in [2.45, 2.75) is 70.4 Å². The largest absolute Gasteiger partial charge is 0.480 e. The van der Waals surface area contributed by atoms with Gasteiger partial charge < -0.3 is 20.0 Å². The van der Waals surface area contributed by atoms with Crippen molar-refractivity contribution in [3.05, 3.63) is 0 Å². The summed E-state index contributed by atoms with van der Waals surface area (Å²) in [6.45, 7) is 6.47. The van der Waals surface area contributed by atoms with Crippen molar-refractivity contribution in [2.24, 2.45) is 0 Å². The highest BCUT2D eigenvalue weighted by Crippen LogP contribution is 2.59. The summed E-state index contributed by atoms with van der Waals surface area (Å²) >= 11 is 3.46. The first-order chi connectivity index (χ1) is 13.0. The zero-order valence-electron chi connectivity index (χ0n) is 16.1. The van der Waals surface area contributed by atoms with Gasteiger partial charge in [-0.3, -0.25) is 9.59 Å². The predicted octanol–water partition coefficient (Wildman–Crippen LogP) is 0.491. The van der Waals surface area contributed by atoms with Gasteiger partial charge in [-0.25, -0.2) is 18.0 Å². The van der Waals surface area contributed by atoms with Crippen LogP contribution in [0.1, 0.15) is 40.5 Å². The lowest BCUT2D eigenvalue weighted by Crippen LogP contribution is -2.63. The molecule has 0 radical (unpaired) electrons. The molecule has 0 saturated carbocycles. The molecule has 29 heavy (non-hydrogen) atoms. The maximum Gasteiger partial charge on any atom is 0.341 e. The second-order valence-electron chi connectivity index (χ2n) is 8.33. The van der Waals surface area contributed by atoms with Crippen LogP contribution < -0.4 is 0 Å². The molecule has 4 heterocycles. The molecule has 0 bridgehead atoms. The number of rotatable bonds is 2. The van der Waals surface area contributed by atoms with E-state index in [4.69, 9.17) is 5.11 Å². The Balaban J connectivity index is 0.000000166. The van der Waals surface area contributed by atoms with Crippen LogP contribution in [0, 0.1) is 0 Å². The summed E-state index contributed by atoms with van der Waals surface area (Å²) in [5.74, 6) is -2.64. The molecule has 0 aromatic heterocycles. The Labute approximate surface area is 185 Å². The number of halogens is 1. The number of alkyl halides is 1. The van der Waals surface area contributed by atoms with Gasteiger partial charge in [0.1, 0.15) is 11.4 Å². The van der Waals surface area contributed by atoms with Gasteiger partial charge in [0.05, 0.1) is 27.7 Å². The molecule has 4 aliphatic rings. The van der Waals surface area contributed by atoms with Crippen molar-refractivity contribution in [3.8, 4) is 0 Å². The predicted molar refractivity (Wildman–Crippen MR) is 111 cm³/mol. The summed E-state index contributed by atoms with van der Waals surface area (Å²) in [4.78, 5) is 47.3. The average Bonchev–Trinajstić information content (AvgIpc) is 2.79. The molecule has 4 saturated heterocycles. The van der Waals surface area contributed by atoms with E-state index in [1.807, 2.05) is 36.4 Å². The van der Waals surface area contributed by atoms with Gasteiger partial charge in [-0.2, -0.15) is 0 Å². The van der Waals surface area contributed by atoms with Crippen LogP contribution >= 0.6 is 34.4 Å². The van der Waals surface area contributed by atoms with E-state index < -0.39 is 52.1 Å². The van der Waals surface area contributed by atoms with Crippen LogP contribution in [0.5, 0.6) is 0 Å². The monoisotopic (exact) mass is 560 g/mol. The lowest BCUT2D eigenvalue weighted by Gasteiger charge is -2.42. The maximum absolute atomic E-state index is 11.9. The van der Waals surface area contributed by atoms with Gasteiger partial charge in [-0.05, 0) is 50.3 Å². The second kappa shape index (κ2) is 6.45. The van der Waals surface area contributed by atoms with Crippen LogP contribution in [0.25, 0.3) is 0 Å². The summed E-state index contributed by atoms with van der Waals surface area (Å²) in [6, 6.07) is -1.26. The highest BCUT2D eigenvalue weighted by molar-refractivity contribution is 14.1. The topological polar surface area (TPSA) is 149 Å². The number of carbonyl (C=O) groups is 4. The van der Waals surface area contributed by atoms with Gasteiger partial charge >= 0.3 is 11.9 Å². The summed E-state index contributed by atoms with van der Waals surface area (Å²) < 4.78 is 20.8. The number of carboxylic acids is 2. The quantitative estimate of drug-likeness (QED) is 0.213. The van der Waals surface area contributed by atoms with Crippen LogP contribution in [0.3, 0.4) is 0 Å². The number of thioether (sulfide) groups is 1. The number of aliphatic carboxylic acids is 2. The Morgan fingerprint density at radius 1 is 1.10 bits per heavy atom. The molecule has 4 aliphatic heterocycles. The second-order valence-corrected chi connectivity index (χ2v) is 14.4. The summed E-state index contributed by atoms with van der Waals surface area (Å²) in [5.41, 5.74) is 0. The van der Waals surface area contributed by atoms with Gasteiger partial charge in [0.25, 0.3) is 0 Å². The van der Waals surface area contributed by atoms with Gasteiger partial charge in [-0.1, -0.05) is 0 Å². The average molecular weight is 560 g/mol. The van der Waals surface area contributed by atoms with Crippen molar-refractivity contribution in [1.29, 1.82) is 0 Å². The van der Waals surface area contributed by atoms with Gasteiger partial charge in [0.15, 0.2) is 9.84 Å². The van der Waals surface area contributed by atoms with Crippen LogP contribution in [0.4, 0.5) is 0 Å². The van der Waals surface area contributed by atoms with Crippen LogP contribution in [-0.4, -0.2) is 82.0 Å². The smallest absolute Gasteiger partial charge is 0.341 e. The van der Waals surface area contributed by atoms with E-state index >= 15 is 0 Å². The van der Waals surface area contributed by atoms with E-state index in [0.717, 1.165) is 4.90 Å². The Hall–Kier alpha value is -1.09. The van der Waals surface area contributed by atoms with E-state index in [1.54, 1.807) is 11.8 Å². The number of β-lactam (4-membered cyclic amide) rings is 2. The zero-order valence-corrected chi connectivity index (χ0v) is 19.9. The molecule has 2 amide bonds. The normalized spacial score (nSPS) is 37.5. The maximum atomic E-state index is 11.9. The number of fused-ring (bicyclic) bond motifs is 2. The van der Waals surface area contributed by atoms with Crippen molar-refractivity contribution < 1.29 is 37.8 Å². The molecule has 0 spiro atoms. The standard InChI is InChI=1S/C8H10INO3S.C8H11NO5S/c1-7(2)8(9,6(12)13)10-4(11)3-5(10)14-7;1-8(2)6(7(11)12)9-4(10)3-5(9)15(8,13)14/h5H,3H2,1-2H3,(H,12,13);5-6H,3H2,1-2H3,(H,11,12)/t5-,8+;5-,6+/m11/s1. The van der Waals surface area contributed by atoms with Gasteiger partial charge in [0.2, 0.25) is 15.4 Å². The van der Waals surface area contributed by atoms with E-state index in [-0.39, 0.29) is 17.7 Å². The van der Waals surface area contributed by atoms with Crippen molar-refractivity contribution in [3.63, 3.8) is 0 Å². The Kier molecular flexibility index (Phi) is 5.03. The van der Waals surface area contributed by atoms with E-state index in [9.17, 15) is 32.7 Å². The van der Waals surface area contributed by atoms with Gasteiger partial charge in [-0.15, -0.1) is 11.8 Å². The van der Waals surface area contributed by atoms with E-state index in [2.05, 4.69) is 0 Å². The minimum Gasteiger partial charge on any atom is -0.480 e. The Morgan fingerprint density at radius 3 is 2.00 bits per heavy atom. The number of nitrogens with zero attached hydrogens (tertiary/aromatic N) is 2. The fourth-order valence-electron chi connectivity index (χ4n) is 4.15. The molecule has 4 fully saturated rings. The minimum atomic E-state index is -3.57. The molecule has 13 heteroatoms. The third-order valence-electron chi connectivity index (χ3n) is 5.96. The molecule has 0 aromatic carbocycles. The number of hydrogen-bond acceptors (Lipinski definition) is 7. The van der Waals surface area contributed by atoms with Crippen molar-refractivity contribution in [1.82, 2.24) is 9.80 Å². The third kappa shape index (κ3) is 2.75. The molecule has 0 aromatic rings. The number of sulfone groups is 1. The van der Waals surface area contributed by atoms with E-state index in [0.29, 0.717) is 6.42 Å². The van der Waals surface area contributed by atoms with Crippen LogP contribution in [0.15, 0.2) is 0 Å². The molecule has 0 unspecified atom stereocenters. The summed E-state index contributed by atoms with van der Waals surface area (Å²) in [5, 5.41) is 17.3. The number of amides is 2. The molecular formula is C16H21IN2O8S2. The van der Waals surface area contributed by atoms with E-state index in [1.165, 1.54) is 18.7 Å². The first-order valence-electron chi connectivity index (χ1n) is 8.71. The molecule has 4 atom stereocenters. The molecule has 10 nitrogen and oxygen atoms in total. The van der Waals surface area contributed by atoms with Crippen LogP contribution in [0.2, 0.25) is 0 Å². The minimum absolute atomic E-state index is 0.0510. The van der Waals surface area contributed by atoms with Crippen LogP contribution in [-0.2, 0) is 29.0 Å². The third-order valence-corrected chi connectivity index (χ3v) is 13.0. The first kappa shape index (κ1) is 22.6. The van der Waals surface area contributed by atoms with Crippen molar-refractivity contribution in [2.75, 3.05) is 0 Å². The fraction of sp³-hybridized carbons (Fsp3) is 0.750. The number of carboxylic acid groups (broad SMARTS) is 2. The fourth-order valence-corrected chi connectivity index (χ4v) is 9.08. The molecule has 162 valence electrons. The van der Waals surface area contributed by atoms with Gasteiger partial charge in [0, 0.05) is 0 Å². The summed E-state index contributed by atoms with van der Waals surface area (Å²) in [6.07, 6.45) is 0.391.